The minimum absolute atomic E-state index is 0.227. The van der Waals surface area contributed by atoms with E-state index in [4.69, 9.17) is 0 Å². The van der Waals surface area contributed by atoms with Crippen LogP contribution in [-0.2, 0) is 11.2 Å². The van der Waals surface area contributed by atoms with Gasteiger partial charge in [-0.3, -0.25) is 15.0 Å². The Labute approximate surface area is 161 Å². The Kier molecular flexibility index (Phi) is 4.97. The van der Waals surface area contributed by atoms with Crippen molar-refractivity contribution in [1.29, 1.82) is 0 Å². The van der Waals surface area contributed by atoms with Gasteiger partial charge in [0.1, 0.15) is 11.7 Å². The highest BCUT2D eigenvalue weighted by Crippen LogP contribution is 2.12. The van der Waals surface area contributed by atoms with E-state index in [9.17, 15) is 9.59 Å². The van der Waals surface area contributed by atoms with Crippen LogP contribution in [0.4, 0.5) is 0 Å². The molecule has 1 amide bonds. The van der Waals surface area contributed by atoms with E-state index < -0.39 is 0 Å². The van der Waals surface area contributed by atoms with E-state index in [-0.39, 0.29) is 11.5 Å². The number of fused-ring (bicyclic) bond motifs is 1. The Morgan fingerprint density at radius 3 is 2.46 bits per heavy atom. The molecule has 0 bridgehead atoms. The maximum Gasteiger partial charge on any atom is 0.283 e. The second kappa shape index (κ2) is 7.87. The zero-order valence-corrected chi connectivity index (χ0v) is 15.2. The van der Waals surface area contributed by atoms with Gasteiger partial charge in [-0.1, -0.05) is 48.5 Å². The Morgan fingerprint density at radius 2 is 1.71 bits per heavy atom. The summed E-state index contributed by atoms with van der Waals surface area (Å²) in [6.07, 6.45) is 4.62. The van der Waals surface area contributed by atoms with E-state index in [1.165, 1.54) is 18.1 Å². The van der Waals surface area contributed by atoms with Crippen LogP contribution in [0.1, 0.15) is 18.4 Å². The van der Waals surface area contributed by atoms with Gasteiger partial charge in [-0.2, -0.15) is 5.10 Å². The van der Waals surface area contributed by atoms with Crippen LogP contribution < -0.4 is 11.0 Å². The largest absolute Gasteiger partial charge is 0.283 e. The van der Waals surface area contributed by atoms with Crippen LogP contribution in [0.2, 0.25) is 0 Å². The number of rotatable bonds is 6. The molecule has 0 aliphatic rings. The average molecular weight is 373 g/mol. The first-order chi connectivity index (χ1) is 13.7. The molecule has 0 saturated carbocycles. The van der Waals surface area contributed by atoms with Crippen molar-refractivity contribution >= 4 is 16.9 Å². The van der Waals surface area contributed by atoms with Crippen molar-refractivity contribution in [1.82, 2.24) is 19.4 Å². The zero-order valence-electron chi connectivity index (χ0n) is 15.2. The van der Waals surface area contributed by atoms with E-state index in [1.54, 1.807) is 4.68 Å². The van der Waals surface area contributed by atoms with Gasteiger partial charge in [0.15, 0.2) is 5.65 Å². The number of hydrogen-bond donors (Lipinski definition) is 1. The van der Waals surface area contributed by atoms with Gasteiger partial charge < -0.3 is 0 Å². The summed E-state index contributed by atoms with van der Waals surface area (Å²) in [5, 5.41) is 4.60. The quantitative estimate of drug-likeness (QED) is 0.563. The van der Waals surface area contributed by atoms with Crippen molar-refractivity contribution in [3.05, 3.63) is 89.1 Å². The third-order valence-corrected chi connectivity index (χ3v) is 4.45. The topological polar surface area (TPSA) is 81.8 Å². The highest BCUT2D eigenvalue weighted by atomic mass is 16.2. The summed E-state index contributed by atoms with van der Waals surface area (Å²) in [7, 11) is 0. The molecular formula is C21H19N5O2. The Bertz CT molecular complexity index is 1150. The summed E-state index contributed by atoms with van der Waals surface area (Å²) in [5.41, 5.74) is 4.69. The van der Waals surface area contributed by atoms with Crippen molar-refractivity contribution in [3.63, 3.8) is 0 Å². The molecule has 1 N–H and O–H groups in total. The number of aromatic nitrogens is 4. The summed E-state index contributed by atoms with van der Waals surface area (Å²) in [6.45, 7) is 0. The predicted octanol–water partition coefficient (Wildman–Crippen LogP) is 2.68. The minimum atomic E-state index is -0.358. The number of carbonyl (C=O) groups is 1. The van der Waals surface area contributed by atoms with Crippen LogP contribution >= 0.6 is 0 Å². The molecule has 2 aromatic heterocycles. The van der Waals surface area contributed by atoms with E-state index in [1.807, 2.05) is 60.7 Å². The summed E-state index contributed by atoms with van der Waals surface area (Å²) in [6, 6.07) is 19.4. The van der Waals surface area contributed by atoms with Crippen molar-refractivity contribution < 1.29 is 4.79 Å². The second-order valence-electron chi connectivity index (χ2n) is 6.42. The summed E-state index contributed by atoms with van der Waals surface area (Å²) < 4.78 is 2.72. The number of amides is 1. The van der Waals surface area contributed by atoms with Gasteiger partial charge in [-0.05, 0) is 30.5 Å². The van der Waals surface area contributed by atoms with Gasteiger partial charge >= 0.3 is 0 Å². The highest BCUT2D eigenvalue weighted by Gasteiger charge is 2.12. The SMILES string of the molecule is O=C(CCCc1ccccc1)Nn1cnc2c(cnn2-c2ccccc2)c1=O. The Hall–Kier alpha value is -3.74. The Morgan fingerprint density at radius 1 is 1.00 bits per heavy atom. The molecule has 0 aliphatic carbocycles. The second-order valence-corrected chi connectivity index (χ2v) is 6.42. The van der Waals surface area contributed by atoms with E-state index in [0.717, 1.165) is 16.8 Å². The maximum atomic E-state index is 12.7. The maximum absolute atomic E-state index is 12.7. The molecule has 4 rings (SSSR count). The van der Waals surface area contributed by atoms with Crippen LogP contribution in [0.15, 0.2) is 78.0 Å². The zero-order chi connectivity index (χ0) is 19.3. The van der Waals surface area contributed by atoms with Gasteiger partial charge in [0, 0.05) is 6.42 Å². The standard InChI is InChI=1S/C21H19N5O2/c27-19(13-7-10-16-8-3-1-4-9-16)24-25-15-22-20-18(21(25)28)14-23-26(20)17-11-5-2-6-12-17/h1-6,8-9,11-12,14-15H,7,10,13H2,(H,24,27). The molecule has 2 aromatic carbocycles. The van der Waals surface area contributed by atoms with Crippen LogP contribution in [-0.4, -0.2) is 25.3 Å². The van der Waals surface area contributed by atoms with Gasteiger partial charge in [0.2, 0.25) is 5.91 Å². The lowest BCUT2D eigenvalue weighted by atomic mass is 10.1. The third kappa shape index (κ3) is 3.68. The molecule has 0 fully saturated rings. The van der Waals surface area contributed by atoms with E-state index in [2.05, 4.69) is 15.5 Å². The molecular weight excluding hydrogens is 354 g/mol. The molecule has 0 spiro atoms. The number of carbonyl (C=O) groups excluding carboxylic acids is 1. The van der Waals surface area contributed by atoms with Crippen molar-refractivity contribution in [2.24, 2.45) is 0 Å². The molecule has 0 atom stereocenters. The normalized spacial score (nSPS) is 10.9. The number of benzene rings is 2. The summed E-state index contributed by atoms with van der Waals surface area (Å²) in [4.78, 5) is 29.2. The number of hydrogen-bond acceptors (Lipinski definition) is 4. The fraction of sp³-hybridized carbons (Fsp3) is 0.143. The number of nitrogens with one attached hydrogen (secondary N) is 1. The lowest BCUT2D eigenvalue weighted by molar-refractivity contribution is -0.117. The van der Waals surface area contributed by atoms with Crippen molar-refractivity contribution in [3.8, 4) is 5.69 Å². The lowest BCUT2D eigenvalue weighted by Gasteiger charge is -2.08. The minimum Gasteiger partial charge on any atom is -0.273 e. The lowest BCUT2D eigenvalue weighted by Crippen LogP contribution is -2.33. The van der Waals surface area contributed by atoms with Crippen LogP contribution in [0.3, 0.4) is 0 Å². The van der Waals surface area contributed by atoms with Crippen LogP contribution in [0.5, 0.6) is 0 Å². The molecule has 0 aliphatic heterocycles. The van der Waals surface area contributed by atoms with Crippen LogP contribution in [0.25, 0.3) is 16.7 Å². The monoisotopic (exact) mass is 373 g/mol. The summed E-state index contributed by atoms with van der Waals surface area (Å²) >= 11 is 0. The predicted molar refractivity (Wildman–Crippen MR) is 107 cm³/mol. The first-order valence-electron chi connectivity index (χ1n) is 9.07. The number of nitrogens with zero attached hydrogens (tertiary/aromatic N) is 4. The van der Waals surface area contributed by atoms with Gasteiger partial charge in [-0.25, -0.2) is 14.3 Å². The Balaban J connectivity index is 1.46. The fourth-order valence-corrected chi connectivity index (χ4v) is 3.04. The molecule has 7 nitrogen and oxygen atoms in total. The molecule has 2 heterocycles. The fourth-order valence-electron chi connectivity index (χ4n) is 3.04. The van der Waals surface area contributed by atoms with Gasteiger partial charge in [0.25, 0.3) is 5.56 Å². The highest BCUT2D eigenvalue weighted by molar-refractivity contribution is 5.84. The van der Waals surface area contributed by atoms with E-state index in [0.29, 0.717) is 23.9 Å². The third-order valence-electron chi connectivity index (χ3n) is 4.45. The average Bonchev–Trinajstić information content (AvgIpc) is 3.16. The molecule has 7 heteroatoms. The molecule has 28 heavy (non-hydrogen) atoms. The smallest absolute Gasteiger partial charge is 0.273 e. The summed E-state index contributed by atoms with van der Waals surface area (Å²) in [5.74, 6) is -0.227. The van der Waals surface area contributed by atoms with Gasteiger partial charge in [-0.15, -0.1) is 0 Å². The number of aryl methyl sites for hydroxylation is 1. The molecule has 4 aromatic rings. The molecule has 0 saturated heterocycles. The van der Waals surface area contributed by atoms with Crippen LogP contribution in [0, 0.1) is 0 Å². The molecule has 140 valence electrons. The number of para-hydroxylation sites is 1. The van der Waals surface area contributed by atoms with Crippen molar-refractivity contribution in [2.75, 3.05) is 5.43 Å². The first-order valence-corrected chi connectivity index (χ1v) is 9.07. The molecule has 0 unspecified atom stereocenters. The van der Waals surface area contributed by atoms with Crippen molar-refractivity contribution in [2.45, 2.75) is 19.3 Å². The molecule has 0 radical (unpaired) electrons. The van der Waals surface area contributed by atoms with E-state index >= 15 is 0 Å². The first kappa shape index (κ1) is 17.7. The van der Waals surface area contributed by atoms with Gasteiger partial charge in [0.05, 0.1) is 11.9 Å².